The molecule has 0 aliphatic carbocycles. The van der Waals surface area contributed by atoms with Crippen molar-refractivity contribution in [3.05, 3.63) is 34.7 Å². The third-order valence-electron chi connectivity index (χ3n) is 3.94. The maximum absolute atomic E-state index is 4.68. The van der Waals surface area contributed by atoms with Crippen molar-refractivity contribution >= 4 is 33.3 Å². The van der Waals surface area contributed by atoms with E-state index in [9.17, 15) is 0 Å². The largest absolute Gasteiger partial charge is 0.273 e. The van der Waals surface area contributed by atoms with E-state index in [-0.39, 0.29) is 0 Å². The molecule has 23 heavy (non-hydrogen) atoms. The van der Waals surface area contributed by atoms with Crippen molar-refractivity contribution in [3.8, 4) is 0 Å². The van der Waals surface area contributed by atoms with Crippen LogP contribution in [0.2, 0.25) is 0 Å². The molecule has 0 saturated heterocycles. The van der Waals surface area contributed by atoms with Crippen LogP contribution in [-0.2, 0) is 6.54 Å². The van der Waals surface area contributed by atoms with E-state index in [0.29, 0.717) is 0 Å². The lowest BCUT2D eigenvalue weighted by Gasteiger charge is -2.05. The Bertz CT molecular complexity index is 778. The monoisotopic (exact) mass is 346 g/mol. The minimum Gasteiger partial charge on any atom is -0.273 e. The van der Waals surface area contributed by atoms with E-state index < -0.39 is 0 Å². The van der Waals surface area contributed by atoms with E-state index in [1.807, 2.05) is 41.8 Å². The van der Waals surface area contributed by atoms with Crippen LogP contribution in [0.25, 0.3) is 10.2 Å². The Morgan fingerprint density at radius 1 is 1.13 bits per heavy atom. The molecule has 3 aromatic heterocycles. The number of fused-ring (bicyclic) bond motifs is 1. The first-order chi connectivity index (χ1) is 11.1. The first-order valence-corrected chi connectivity index (χ1v) is 9.80. The van der Waals surface area contributed by atoms with Crippen molar-refractivity contribution in [2.75, 3.05) is 5.75 Å². The molecule has 0 amide bonds. The number of hydrogen-bond acceptors (Lipinski definition) is 5. The van der Waals surface area contributed by atoms with Crippen molar-refractivity contribution in [2.24, 2.45) is 0 Å². The topological polar surface area (TPSA) is 43.6 Å². The molecule has 0 fully saturated rings. The lowest BCUT2D eigenvalue weighted by Crippen LogP contribution is -1.98. The Balaban J connectivity index is 1.55. The van der Waals surface area contributed by atoms with E-state index >= 15 is 0 Å². The van der Waals surface area contributed by atoms with Crippen LogP contribution < -0.4 is 0 Å². The van der Waals surface area contributed by atoms with Gasteiger partial charge in [0, 0.05) is 29.2 Å². The van der Waals surface area contributed by atoms with Gasteiger partial charge in [0.05, 0.1) is 0 Å². The van der Waals surface area contributed by atoms with Crippen LogP contribution in [-0.4, -0.2) is 25.5 Å². The molecular formula is C17H22N4S2. The zero-order chi connectivity index (χ0) is 16.2. The second kappa shape index (κ2) is 7.45. The molecule has 0 bridgehead atoms. The lowest BCUT2D eigenvalue weighted by atomic mass is 10.2. The summed E-state index contributed by atoms with van der Waals surface area (Å²) in [6.07, 6.45) is 7.47. The Hall–Kier alpha value is -1.40. The first kappa shape index (κ1) is 16.5. The van der Waals surface area contributed by atoms with Crippen molar-refractivity contribution in [1.29, 1.82) is 0 Å². The van der Waals surface area contributed by atoms with E-state index in [2.05, 4.69) is 28.9 Å². The molecule has 0 aliphatic rings. The summed E-state index contributed by atoms with van der Waals surface area (Å²) in [6, 6.07) is 1.98. The quantitative estimate of drug-likeness (QED) is 0.351. The zero-order valence-corrected chi connectivity index (χ0v) is 15.5. The van der Waals surface area contributed by atoms with Gasteiger partial charge in [-0.15, -0.1) is 23.1 Å². The molecular weight excluding hydrogens is 324 g/mol. The van der Waals surface area contributed by atoms with Crippen molar-refractivity contribution in [3.63, 3.8) is 0 Å². The number of aryl methyl sites for hydroxylation is 4. The normalized spacial score (nSPS) is 11.4. The summed E-state index contributed by atoms with van der Waals surface area (Å²) in [5.41, 5.74) is 1.34. The van der Waals surface area contributed by atoms with Gasteiger partial charge in [-0.25, -0.2) is 9.97 Å². The van der Waals surface area contributed by atoms with Crippen LogP contribution in [0.3, 0.4) is 0 Å². The summed E-state index contributed by atoms with van der Waals surface area (Å²) in [5.74, 6) is 1.99. The maximum atomic E-state index is 4.68. The molecule has 4 nitrogen and oxygen atoms in total. The molecule has 0 saturated carbocycles. The van der Waals surface area contributed by atoms with Gasteiger partial charge >= 0.3 is 0 Å². The number of hydrogen-bond donors (Lipinski definition) is 0. The van der Waals surface area contributed by atoms with Crippen molar-refractivity contribution in [1.82, 2.24) is 19.7 Å². The van der Waals surface area contributed by atoms with Crippen LogP contribution in [0.1, 0.15) is 35.5 Å². The number of unbranched alkanes of at least 4 members (excludes halogenated alkanes) is 2. The van der Waals surface area contributed by atoms with Gasteiger partial charge < -0.3 is 0 Å². The summed E-state index contributed by atoms with van der Waals surface area (Å²) in [6.45, 7) is 7.34. The minimum atomic E-state index is 0.875. The van der Waals surface area contributed by atoms with E-state index in [1.54, 1.807) is 11.3 Å². The molecule has 0 aliphatic heterocycles. The Morgan fingerprint density at radius 3 is 2.78 bits per heavy atom. The third-order valence-corrected chi connectivity index (χ3v) is 6.10. The fraction of sp³-hybridized carbons (Fsp3) is 0.471. The van der Waals surface area contributed by atoms with Crippen molar-refractivity contribution < 1.29 is 0 Å². The fourth-order valence-electron chi connectivity index (χ4n) is 2.57. The number of thioether (sulfide) groups is 1. The maximum Gasteiger partial charge on any atom is 0.128 e. The van der Waals surface area contributed by atoms with Gasteiger partial charge in [0.15, 0.2) is 0 Å². The summed E-state index contributed by atoms with van der Waals surface area (Å²) < 4.78 is 2.00. The Labute approximate surface area is 145 Å². The smallest absolute Gasteiger partial charge is 0.128 e. The number of thiophene rings is 1. The minimum absolute atomic E-state index is 0.875. The second-order valence-electron chi connectivity index (χ2n) is 5.72. The molecule has 122 valence electrons. The molecule has 0 spiro atoms. The Morgan fingerprint density at radius 2 is 2.00 bits per heavy atom. The Kier molecular flexibility index (Phi) is 5.33. The summed E-state index contributed by atoms with van der Waals surface area (Å²) in [7, 11) is 0. The number of nitrogens with zero attached hydrogens (tertiary/aromatic N) is 4. The van der Waals surface area contributed by atoms with E-state index in [1.165, 1.54) is 35.1 Å². The van der Waals surface area contributed by atoms with Crippen LogP contribution in [0, 0.1) is 20.8 Å². The molecule has 3 aromatic rings. The molecule has 6 heteroatoms. The second-order valence-corrected chi connectivity index (χ2v) is 8.00. The molecule has 0 atom stereocenters. The van der Waals surface area contributed by atoms with Gasteiger partial charge in [-0.3, -0.25) is 4.68 Å². The third kappa shape index (κ3) is 3.93. The van der Waals surface area contributed by atoms with Gasteiger partial charge in [-0.05, 0) is 51.0 Å². The summed E-state index contributed by atoms with van der Waals surface area (Å²) >= 11 is 3.65. The number of rotatable bonds is 7. The van der Waals surface area contributed by atoms with Gasteiger partial charge in [-0.1, -0.05) is 6.42 Å². The van der Waals surface area contributed by atoms with Crippen LogP contribution in [0.4, 0.5) is 0 Å². The standard InChI is InChI=1S/C17H22N4S2/c1-12-13(2)23-17-15(12)16(19-14(3)20-17)22-11-6-4-5-9-21-10-7-8-18-21/h7-8,10H,4-6,9,11H2,1-3H3. The average Bonchev–Trinajstić information content (AvgIpc) is 3.11. The molecule has 3 heterocycles. The predicted octanol–water partition coefficient (Wildman–Crippen LogP) is 4.78. The first-order valence-electron chi connectivity index (χ1n) is 7.99. The molecule has 3 rings (SSSR count). The summed E-state index contributed by atoms with van der Waals surface area (Å²) in [5, 5.41) is 6.65. The highest BCUT2D eigenvalue weighted by Gasteiger charge is 2.13. The number of aromatic nitrogens is 4. The summed E-state index contributed by atoms with van der Waals surface area (Å²) in [4.78, 5) is 11.7. The van der Waals surface area contributed by atoms with Gasteiger partial charge in [0.25, 0.3) is 0 Å². The highest BCUT2D eigenvalue weighted by atomic mass is 32.2. The molecule has 0 aromatic carbocycles. The molecule has 0 unspecified atom stereocenters. The predicted molar refractivity (Wildman–Crippen MR) is 98.4 cm³/mol. The van der Waals surface area contributed by atoms with Crippen molar-refractivity contribution in [2.45, 2.75) is 51.6 Å². The SMILES string of the molecule is Cc1nc(SCCCCCn2cccn2)c2c(C)c(C)sc2n1. The van der Waals surface area contributed by atoms with Crippen LogP contribution >= 0.6 is 23.1 Å². The zero-order valence-electron chi connectivity index (χ0n) is 13.9. The van der Waals surface area contributed by atoms with Crippen LogP contribution in [0.5, 0.6) is 0 Å². The van der Waals surface area contributed by atoms with E-state index in [0.717, 1.165) is 28.0 Å². The molecule has 0 N–H and O–H groups in total. The van der Waals surface area contributed by atoms with Gasteiger partial charge in [0.2, 0.25) is 0 Å². The fourth-order valence-corrected chi connectivity index (χ4v) is 4.85. The highest BCUT2D eigenvalue weighted by molar-refractivity contribution is 7.99. The van der Waals surface area contributed by atoms with E-state index in [4.69, 9.17) is 0 Å². The van der Waals surface area contributed by atoms with Gasteiger partial charge in [-0.2, -0.15) is 5.10 Å². The lowest BCUT2D eigenvalue weighted by molar-refractivity contribution is 0.554. The van der Waals surface area contributed by atoms with Crippen LogP contribution in [0.15, 0.2) is 23.5 Å². The van der Waals surface area contributed by atoms with Gasteiger partial charge in [0.1, 0.15) is 15.7 Å². The average molecular weight is 347 g/mol. The molecule has 0 radical (unpaired) electrons. The highest BCUT2D eigenvalue weighted by Crippen LogP contribution is 2.35.